The lowest BCUT2D eigenvalue weighted by molar-refractivity contribution is -0.146. The molecule has 37 heavy (non-hydrogen) atoms. The molecule has 1 aliphatic heterocycles. The van der Waals surface area contributed by atoms with E-state index in [2.05, 4.69) is 11.4 Å². The van der Waals surface area contributed by atoms with E-state index in [1.165, 1.54) is 10.5 Å². The Morgan fingerprint density at radius 1 is 1.05 bits per heavy atom. The van der Waals surface area contributed by atoms with E-state index in [1.807, 2.05) is 69.3 Å². The van der Waals surface area contributed by atoms with E-state index < -0.39 is 23.6 Å². The third kappa shape index (κ3) is 6.31. The van der Waals surface area contributed by atoms with Crippen LogP contribution in [-0.4, -0.2) is 59.4 Å². The van der Waals surface area contributed by atoms with Crippen molar-refractivity contribution < 1.29 is 19.1 Å². The Morgan fingerprint density at radius 3 is 2.49 bits per heavy atom. The van der Waals surface area contributed by atoms with Crippen LogP contribution in [0.1, 0.15) is 56.3 Å². The zero-order valence-electron chi connectivity index (χ0n) is 22.0. The van der Waals surface area contributed by atoms with Crippen LogP contribution in [-0.2, 0) is 27.4 Å². The van der Waals surface area contributed by atoms with Crippen molar-refractivity contribution in [2.24, 2.45) is 11.1 Å². The van der Waals surface area contributed by atoms with Gasteiger partial charge in [-0.1, -0.05) is 75.4 Å². The average Bonchev–Trinajstić information content (AvgIpc) is 2.90. The lowest BCUT2D eigenvalue weighted by Crippen LogP contribution is -2.65. The lowest BCUT2D eigenvalue weighted by Gasteiger charge is -2.43. The number of aryl methyl sites for hydroxylation is 1. The molecule has 1 fully saturated rings. The minimum atomic E-state index is -0.854. The van der Waals surface area contributed by atoms with Gasteiger partial charge in [0.05, 0.1) is 18.6 Å². The zero-order chi connectivity index (χ0) is 26.6. The monoisotopic (exact) mass is 506 g/mol. The van der Waals surface area contributed by atoms with Gasteiger partial charge in [0.1, 0.15) is 12.6 Å². The Bertz CT molecular complexity index is 1110. The van der Waals surface area contributed by atoms with Crippen molar-refractivity contribution in [2.75, 3.05) is 19.6 Å². The van der Waals surface area contributed by atoms with Crippen LogP contribution in [0.5, 0.6) is 0 Å². The average molecular weight is 507 g/mol. The number of nitrogens with one attached hydrogen (secondary N) is 1. The number of nitrogens with two attached hydrogens (primary N) is 1. The molecule has 3 amide bonds. The van der Waals surface area contributed by atoms with E-state index in [-0.39, 0.29) is 44.1 Å². The summed E-state index contributed by atoms with van der Waals surface area (Å²) in [4.78, 5) is 43.1. The van der Waals surface area contributed by atoms with Gasteiger partial charge in [-0.15, -0.1) is 0 Å². The van der Waals surface area contributed by atoms with Gasteiger partial charge in [0, 0.05) is 13.1 Å². The summed E-state index contributed by atoms with van der Waals surface area (Å²) in [6, 6.07) is 15.8. The topological polar surface area (TPSA) is 105 Å². The molecule has 8 heteroatoms. The van der Waals surface area contributed by atoms with Gasteiger partial charge in [-0.3, -0.25) is 9.59 Å². The van der Waals surface area contributed by atoms with Crippen LogP contribution in [0.3, 0.4) is 0 Å². The van der Waals surface area contributed by atoms with Crippen LogP contribution in [0, 0.1) is 5.41 Å². The predicted octanol–water partition coefficient (Wildman–Crippen LogP) is 3.40. The van der Waals surface area contributed by atoms with Gasteiger partial charge in [0.15, 0.2) is 0 Å². The first-order valence-corrected chi connectivity index (χ1v) is 13.0. The van der Waals surface area contributed by atoms with E-state index in [0.29, 0.717) is 0 Å². The van der Waals surface area contributed by atoms with Gasteiger partial charge in [-0.2, -0.15) is 0 Å². The summed E-state index contributed by atoms with van der Waals surface area (Å²) in [6.45, 7) is 6.39. The molecule has 0 bridgehead atoms. The van der Waals surface area contributed by atoms with Crippen molar-refractivity contribution in [3.8, 4) is 0 Å². The highest BCUT2D eigenvalue weighted by atomic mass is 16.6. The highest BCUT2D eigenvalue weighted by Gasteiger charge is 2.42. The van der Waals surface area contributed by atoms with Crippen molar-refractivity contribution in [2.45, 2.75) is 64.8 Å². The molecule has 2 aliphatic rings. The Labute approximate surface area is 219 Å². The third-order valence-corrected chi connectivity index (χ3v) is 7.31. The molecule has 0 radical (unpaired) electrons. The molecule has 1 saturated heterocycles. The first kappa shape index (κ1) is 26.7. The Morgan fingerprint density at radius 2 is 1.76 bits per heavy atom. The highest BCUT2D eigenvalue weighted by molar-refractivity contribution is 5.91. The summed E-state index contributed by atoms with van der Waals surface area (Å²) >= 11 is 0. The van der Waals surface area contributed by atoms with Crippen molar-refractivity contribution >= 4 is 17.9 Å². The van der Waals surface area contributed by atoms with Crippen molar-refractivity contribution in [1.29, 1.82) is 0 Å². The smallest absolute Gasteiger partial charge is 0.410 e. The molecule has 1 aliphatic carbocycles. The number of nitrogens with zero attached hydrogens (tertiary/aromatic N) is 2. The van der Waals surface area contributed by atoms with Crippen LogP contribution >= 0.6 is 0 Å². The molecule has 4 rings (SSSR count). The molecule has 0 unspecified atom stereocenters. The van der Waals surface area contributed by atoms with Gasteiger partial charge in [0.2, 0.25) is 11.8 Å². The fourth-order valence-electron chi connectivity index (χ4n) is 4.97. The third-order valence-electron chi connectivity index (χ3n) is 7.31. The summed E-state index contributed by atoms with van der Waals surface area (Å²) in [5.74, 6) is -0.564. The van der Waals surface area contributed by atoms with Crippen LogP contribution in [0.2, 0.25) is 0 Å². The number of hydrogen-bond donors (Lipinski definition) is 2. The molecule has 8 nitrogen and oxygen atoms in total. The van der Waals surface area contributed by atoms with E-state index >= 15 is 0 Å². The molecular weight excluding hydrogens is 468 g/mol. The molecule has 1 heterocycles. The maximum atomic E-state index is 13.7. The van der Waals surface area contributed by atoms with Gasteiger partial charge >= 0.3 is 6.09 Å². The van der Waals surface area contributed by atoms with Crippen LogP contribution in [0.4, 0.5) is 4.79 Å². The second-order valence-corrected chi connectivity index (χ2v) is 11.0. The first-order chi connectivity index (χ1) is 17.6. The number of rotatable bonds is 5. The van der Waals surface area contributed by atoms with Gasteiger partial charge in [-0.05, 0) is 41.4 Å². The van der Waals surface area contributed by atoms with Gasteiger partial charge in [-0.25, -0.2) is 4.79 Å². The molecule has 2 aromatic carbocycles. The standard InChI is InChI=1S/C29H38N4O4/c1-29(2,3)25(30)27(35)33-17-16-32(28(36)37-19-20-10-5-4-6-11-20)18-24(33)26(34)31-23-15-9-13-21-12-7-8-14-22(21)23/h4-8,10-12,14,23-25H,9,13,15-19,30H2,1-3H3,(H,31,34)/t23-,24+,25-/m1/s1. The molecule has 0 spiro atoms. The largest absolute Gasteiger partial charge is 0.445 e. The highest BCUT2D eigenvalue weighted by Crippen LogP contribution is 2.30. The molecule has 198 valence electrons. The fourth-order valence-corrected chi connectivity index (χ4v) is 4.97. The Hall–Kier alpha value is -3.39. The van der Waals surface area contributed by atoms with Crippen LogP contribution in [0.15, 0.2) is 54.6 Å². The number of carbonyl (C=O) groups is 3. The summed E-state index contributed by atoms with van der Waals surface area (Å²) in [7, 11) is 0. The maximum Gasteiger partial charge on any atom is 0.410 e. The maximum absolute atomic E-state index is 13.7. The van der Waals surface area contributed by atoms with E-state index in [0.717, 1.165) is 30.4 Å². The van der Waals surface area contributed by atoms with E-state index in [9.17, 15) is 14.4 Å². The zero-order valence-corrected chi connectivity index (χ0v) is 22.0. The number of benzene rings is 2. The van der Waals surface area contributed by atoms with Crippen molar-refractivity contribution in [3.05, 3.63) is 71.3 Å². The Balaban J connectivity index is 1.50. The lowest BCUT2D eigenvalue weighted by atomic mass is 9.86. The second-order valence-electron chi connectivity index (χ2n) is 11.0. The SMILES string of the molecule is CC(C)(C)[C@H](N)C(=O)N1CCN(C(=O)OCc2ccccc2)C[C@H]1C(=O)N[C@@H]1CCCc2ccccc21. The van der Waals surface area contributed by atoms with Crippen molar-refractivity contribution in [3.63, 3.8) is 0 Å². The molecule has 0 aromatic heterocycles. The number of piperazine rings is 1. The summed E-state index contributed by atoms with van der Waals surface area (Å²) in [5, 5.41) is 3.17. The Kier molecular flexibility index (Phi) is 8.17. The molecule has 0 saturated carbocycles. The minimum Gasteiger partial charge on any atom is -0.445 e. The van der Waals surface area contributed by atoms with E-state index in [4.69, 9.17) is 10.5 Å². The quantitative estimate of drug-likeness (QED) is 0.647. The summed E-state index contributed by atoms with van der Waals surface area (Å²) in [6.07, 6.45) is 2.28. The molecule has 3 N–H and O–H groups in total. The van der Waals surface area contributed by atoms with Crippen LogP contribution in [0.25, 0.3) is 0 Å². The molecule has 2 aromatic rings. The summed E-state index contributed by atoms with van der Waals surface area (Å²) in [5.41, 5.74) is 9.07. The predicted molar refractivity (Wildman–Crippen MR) is 141 cm³/mol. The number of ether oxygens (including phenoxy) is 1. The van der Waals surface area contributed by atoms with Gasteiger partial charge < -0.3 is 25.6 Å². The fraction of sp³-hybridized carbons (Fsp3) is 0.483. The minimum absolute atomic E-state index is 0.0520. The molecule has 3 atom stereocenters. The normalized spacial score (nSPS) is 20.5. The van der Waals surface area contributed by atoms with Gasteiger partial charge in [0.25, 0.3) is 0 Å². The van der Waals surface area contributed by atoms with Crippen LogP contribution < -0.4 is 11.1 Å². The number of amides is 3. The number of fused-ring (bicyclic) bond motifs is 1. The second kappa shape index (κ2) is 11.3. The number of carbonyl (C=O) groups excluding carboxylic acids is 3. The molecular formula is C29H38N4O4. The summed E-state index contributed by atoms with van der Waals surface area (Å²) < 4.78 is 5.52. The first-order valence-electron chi connectivity index (χ1n) is 13.0. The number of hydrogen-bond acceptors (Lipinski definition) is 5. The van der Waals surface area contributed by atoms with Crippen molar-refractivity contribution in [1.82, 2.24) is 15.1 Å². The van der Waals surface area contributed by atoms with E-state index in [1.54, 1.807) is 4.90 Å².